The van der Waals surface area contributed by atoms with Crippen LogP contribution in [0.3, 0.4) is 0 Å². The van der Waals surface area contributed by atoms with Gasteiger partial charge in [-0.05, 0) is 32.3 Å². The lowest BCUT2D eigenvalue weighted by Gasteiger charge is -2.28. The summed E-state index contributed by atoms with van der Waals surface area (Å²) in [4.78, 5) is 26.7. The molecule has 0 radical (unpaired) electrons. The first kappa shape index (κ1) is 18.6. The topological polar surface area (TPSA) is 56.5 Å². The maximum absolute atomic E-state index is 14.9. The summed E-state index contributed by atoms with van der Waals surface area (Å²) in [6.45, 7) is 2.82. The van der Waals surface area contributed by atoms with Gasteiger partial charge in [-0.25, -0.2) is 9.07 Å². The lowest BCUT2D eigenvalue weighted by molar-refractivity contribution is -0.121. The second kappa shape index (κ2) is 7.36. The molecule has 28 heavy (non-hydrogen) atoms. The summed E-state index contributed by atoms with van der Waals surface area (Å²) in [6, 6.07) is 2.66. The van der Waals surface area contributed by atoms with Crippen molar-refractivity contribution in [3.8, 4) is 28.7 Å². The Kier molecular flexibility index (Phi) is 4.90. The van der Waals surface area contributed by atoms with Gasteiger partial charge in [0.15, 0.2) is 6.61 Å². The maximum Gasteiger partial charge on any atom is 0.276 e. The lowest BCUT2D eigenvalue weighted by Crippen LogP contribution is -2.39. The van der Waals surface area contributed by atoms with Gasteiger partial charge in [-0.1, -0.05) is 17.5 Å². The molecule has 6 nitrogen and oxygen atoms in total. The summed E-state index contributed by atoms with van der Waals surface area (Å²) in [5.74, 6) is 4.94. The zero-order valence-corrected chi connectivity index (χ0v) is 16.2. The van der Waals surface area contributed by atoms with Crippen LogP contribution in [0.5, 0.6) is 5.75 Å². The van der Waals surface area contributed by atoms with Gasteiger partial charge >= 0.3 is 0 Å². The number of nitrogens with zero attached hydrogens (tertiary/aromatic N) is 3. The molecule has 1 aromatic heterocycles. The van der Waals surface area contributed by atoms with Crippen LogP contribution >= 0.6 is 11.6 Å². The summed E-state index contributed by atoms with van der Waals surface area (Å²) in [5.41, 5.74) is 0.240. The van der Waals surface area contributed by atoms with Crippen LogP contribution in [0.4, 0.5) is 10.1 Å². The molecule has 0 fully saturated rings. The number of aromatic nitrogens is 2. The van der Waals surface area contributed by atoms with Crippen LogP contribution in [0.2, 0.25) is 5.15 Å². The molecule has 0 unspecified atom stereocenters. The van der Waals surface area contributed by atoms with Crippen molar-refractivity contribution in [2.24, 2.45) is 0 Å². The molecule has 4 rings (SSSR count). The highest BCUT2D eigenvalue weighted by Gasteiger charge is 2.30. The Bertz CT molecular complexity index is 1080. The Hall–Kier alpha value is -2.72. The Morgan fingerprint density at radius 3 is 2.68 bits per heavy atom. The molecule has 0 saturated carbocycles. The second-order valence-corrected chi connectivity index (χ2v) is 7.13. The molecule has 2 aliphatic heterocycles. The molecule has 0 bridgehead atoms. The van der Waals surface area contributed by atoms with E-state index in [1.807, 2.05) is 0 Å². The fraction of sp³-hybridized carbons (Fsp3) is 0.400. The zero-order chi connectivity index (χ0) is 19.8. The number of hydrogen-bond donors (Lipinski definition) is 0. The summed E-state index contributed by atoms with van der Waals surface area (Å²) >= 11 is 6.50. The summed E-state index contributed by atoms with van der Waals surface area (Å²) in [5, 5.41) is 0.216. The van der Waals surface area contributed by atoms with Crippen molar-refractivity contribution in [2.45, 2.75) is 39.3 Å². The van der Waals surface area contributed by atoms with E-state index in [0.717, 1.165) is 19.3 Å². The van der Waals surface area contributed by atoms with Gasteiger partial charge < -0.3 is 4.74 Å². The van der Waals surface area contributed by atoms with E-state index in [1.165, 1.54) is 17.0 Å². The fourth-order valence-electron chi connectivity index (χ4n) is 3.67. The highest BCUT2D eigenvalue weighted by molar-refractivity contribution is 6.32. The number of anilines is 1. The third kappa shape index (κ3) is 2.98. The normalized spacial score (nSPS) is 15.8. The van der Waals surface area contributed by atoms with Crippen LogP contribution in [0.25, 0.3) is 11.1 Å². The van der Waals surface area contributed by atoms with Crippen molar-refractivity contribution in [1.82, 2.24) is 9.36 Å². The van der Waals surface area contributed by atoms with Gasteiger partial charge in [-0.15, -0.1) is 5.92 Å². The average Bonchev–Trinajstić information content (AvgIpc) is 2.85. The van der Waals surface area contributed by atoms with E-state index in [2.05, 4.69) is 11.8 Å². The largest absolute Gasteiger partial charge is 0.481 e. The van der Waals surface area contributed by atoms with E-state index < -0.39 is 5.82 Å². The molecule has 3 heterocycles. The molecule has 0 aliphatic carbocycles. The minimum atomic E-state index is -0.616. The Morgan fingerprint density at radius 2 is 1.93 bits per heavy atom. The van der Waals surface area contributed by atoms with Crippen molar-refractivity contribution < 1.29 is 13.9 Å². The molecule has 146 valence electrons. The van der Waals surface area contributed by atoms with Crippen LogP contribution in [0.15, 0.2) is 16.9 Å². The summed E-state index contributed by atoms with van der Waals surface area (Å²) < 4.78 is 23.6. The molecule has 2 aliphatic rings. The van der Waals surface area contributed by atoms with Crippen LogP contribution < -0.4 is 15.2 Å². The van der Waals surface area contributed by atoms with E-state index in [0.29, 0.717) is 18.8 Å². The van der Waals surface area contributed by atoms with Gasteiger partial charge in [-0.3, -0.25) is 19.2 Å². The average molecular weight is 404 g/mol. The van der Waals surface area contributed by atoms with Gasteiger partial charge in [0.1, 0.15) is 16.7 Å². The number of carbonyl (C=O) groups is 1. The van der Waals surface area contributed by atoms with Gasteiger partial charge in [0.25, 0.3) is 11.5 Å². The number of rotatable bonds is 2. The van der Waals surface area contributed by atoms with Crippen LogP contribution in [-0.2, 0) is 17.9 Å². The molecule has 1 aromatic carbocycles. The van der Waals surface area contributed by atoms with Crippen molar-refractivity contribution in [3.63, 3.8) is 0 Å². The van der Waals surface area contributed by atoms with Crippen LogP contribution in [-0.4, -0.2) is 28.4 Å². The number of halogens is 2. The molecule has 0 N–H and O–H groups in total. The van der Waals surface area contributed by atoms with E-state index in [-0.39, 0.29) is 46.6 Å². The van der Waals surface area contributed by atoms with Crippen molar-refractivity contribution in [1.29, 1.82) is 0 Å². The Morgan fingerprint density at radius 1 is 1.18 bits per heavy atom. The van der Waals surface area contributed by atoms with Gasteiger partial charge in [-0.2, -0.15) is 0 Å². The first-order valence-electron chi connectivity index (χ1n) is 9.18. The van der Waals surface area contributed by atoms with Gasteiger partial charge in [0.2, 0.25) is 0 Å². The number of carbonyl (C=O) groups excluding carboxylic acids is 1. The van der Waals surface area contributed by atoms with Crippen LogP contribution in [0.1, 0.15) is 26.2 Å². The molecular formula is C20H19ClFN3O3. The lowest BCUT2D eigenvalue weighted by atomic mass is 10.1. The maximum atomic E-state index is 14.9. The molecule has 1 amide bonds. The molecule has 0 saturated heterocycles. The highest BCUT2D eigenvalue weighted by Crippen LogP contribution is 2.39. The number of amides is 1. The predicted octanol–water partition coefficient (Wildman–Crippen LogP) is 3.04. The SMILES string of the molecule is CC#CCN1C(=O)COc2cc(F)c(-c3c(Cl)n4n(c3=O)CCCCC4)cc21. The fourth-order valence-corrected chi connectivity index (χ4v) is 4.03. The molecule has 2 aromatic rings. The molecule has 0 spiro atoms. The van der Waals surface area contributed by atoms with Gasteiger partial charge in [0, 0.05) is 24.7 Å². The zero-order valence-electron chi connectivity index (χ0n) is 15.4. The van der Waals surface area contributed by atoms with E-state index in [4.69, 9.17) is 16.3 Å². The number of hydrogen-bond acceptors (Lipinski definition) is 3. The summed E-state index contributed by atoms with van der Waals surface area (Å²) in [7, 11) is 0. The van der Waals surface area contributed by atoms with Gasteiger partial charge in [0.05, 0.1) is 17.8 Å². The number of ether oxygens (including phenoxy) is 1. The van der Waals surface area contributed by atoms with Crippen molar-refractivity contribution in [3.05, 3.63) is 33.5 Å². The van der Waals surface area contributed by atoms with Crippen molar-refractivity contribution in [2.75, 3.05) is 18.1 Å². The van der Waals surface area contributed by atoms with Crippen molar-refractivity contribution >= 4 is 23.2 Å². The first-order valence-corrected chi connectivity index (χ1v) is 9.56. The minimum Gasteiger partial charge on any atom is -0.481 e. The standard InChI is InChI=1S/C20H19ClFN3O3/c1-2-3-7-23-15-10-13(14(22)11-16(15)28-12-17(23)26)18-19(21)24-8-5-4-6-9-25(24)20(18)27/h10-11H,4-9,12H2,1H3. The monoisotopic (exact) mass is 403 g/mol. The van der Waals surface area contributed by atoms with E-state index in [1.54, 1.807) is 16.3 Å². The Balaban J connectivity index is 1.88. The quantitative estimate of drug-likeness (QED) is 0.724. The summed E-state index contributed by atoms with van der Waals surface area (Å²) in [6.07, 6.45) is 2.80. The molecular weight excluding hydrogens is 385 g/mol. The van der Waals surface area contributed by atoms with Crippen LogP contribution in [0, 0.1) is 17.7 Å². The third-order valence-corrected chi connectivity index (χ3v) is 5.47. The van der Waals surface area contributed by atoms with E-state index in [9.17, 15) is 14.0 Å². The molecule has 8 heteroatoms. The third-order valence-electron chi connectivity index (χ3n) is 5.09. The second-order valence-electron chi connectivity index (χ2n) is 6.77. The smallest absolute Gasteiger partial charge is 0.276 e. The first-order chi connectivity index (χ1) is 13.5. The highest BCUT2D eigenvalue weighted by atomic mass is 35.5. The van der Waals surface area contributed by atoms with E-state index >= 15 is 0 Å². The molecule has 0 atom stereocenters. The number of benzene rings is 1. The minimum absolute atomic E-state index is 0.0644. The predicted molar refractivity (Wildman–Crippen MR) is 104 cm³/mol. The Labute approximate surface area is 166 Å². The number of fused-ring (bicyclic) bond motifs is 2.